The number of hydrogen-bond acceptors (Lipinski definition) is 3. The summed E-state index contributed by atoms with van der Waals surface area (Å²) in [6, 6.07) is 0. The molecule has 3 nitrogen and oxygen atoms in total. The fourth-order valence-electron chi connectivity index (χ4n) is 1.30. The molecule has 0 unspecified atom stereocenters. The third-order valence-corrected chi connectivity index (χ3v) is 3.23. The highest BCUT2D eigenvalue weighted by Crippen LogP contribution is 2.26. The molecule has 1 aromatic heterocycles. The summed E-state index contributed by atoms with van der Waals surface area (Å²) in [5.41, 5.74) is 0.934. The van der Waals surface area contributed by atoms with E-state index in [0.29, 0.717) is 16.2 Å². The molecule has 0 saturated carbocycles. The first-order valence-corrected chi connectivity index (χ1v) is 6.20. The molecular formula is C11H16BrClN2O. The van der Waals surface area contributed by atoms with E-state index >= 15 is 0 Å². The average molecular weight is 308 g/mol. The third-order valence-electron chi connectivity index (χ3n) is 1.90. The summed E-state index contributed by atoms with van der Waals surface area (Å²) >= 11 is 9.39. The van der Waals surface area contributed by atoms with Gasteiger partial charge < -0.3 is 4.74 Å². The van der Waals surface area contributed by atoms with Gasteiger partial charge in [0.2, 0.25) is 0 Å². The summed E-state index contributed by atoms with van der Waals surface area (Å²) in [6.45, 7) is 6.85. The van der Waals surface area contributed by atoms with Crippen LogP contribution in [-0.4, -0.2) is 17.1 Å². The van der Waals surface area contributed by atoms with Gasteiger partial charge in [-0.05, 0) is 21.3 Å². The molecule has 1 rings (SSSR count). The van der Waals surface area contributed by atoms with E-state index in [-0.39, 0.29) is 5.41 Å². The van der Waals surface area contributed by atoms with Crippen LogP contribution >= 0.6 is 27.5 Å². The van der Waals surface area contributed by atoms with E-state index in [2.05, 4.69) is 46.7 Å². The van der Waals surface area contributed by atoms with Crippen LogP contribution in [0.15, 0.2) is 4.47 Å². The number of aromatic nitrogens is 2. The average Bonchev–Trinajstić information content (AvgIpc) is 2.11. The standard InChI is InChI=1S/C11H16BrClN2O/c1-11(2,3)5-8-14-7(6-16-4)9(12)10(13)15-8/h5-6H2,1-4H3. The zero-order chi connectivity index (χ0) is 12.3. The second-order valence-electron chi connectivity index (χ2n) is 4.86. The van der Waals surface area contributed by atoms with Crippen LogP contribution < -0.4 is 0 Å². The largest absolute Gasteiger partial charge is 0.378 e. The Morgan fingerprint density at radius 3 is 2.44 bits per heavy atom. The topological polar surface area (TPSA) is 35.0 Å². The van der Waals surface area contributed by atoms with Crippen LogP contribution in [0.5, 0.6) is 0 Å². The Bertz CT molecular complexity index is 377. The molecular weight excluding hydrogens is 291 g/mol. The fourth-order valence-corrected chi connectivity index (χ4v) is 1.80. The van der Waals surface area contributed by atoms with Gasteiger partial charge in [0.05, 0.1) is 16.8 Å². The molecule has 0 N–H and O–H groups in total. The van der Waals surface area contributed by atoms with Gasteiger partial charge in [0.15, 0.2) is 0 Å². The van der Waals surface area contributed by atoms with Crippen molar-refractivity contribution in [2.24, 2.45) is 5.41 Å². The highest BCUT2D eigenvalue weighted by atomic mass is 79.9. The summed E-state index contributed by atoms with van der Waals surface area (Å²) in [4.78, 5) is 8.69. The Kier molecular flexibility index (Phi) is 4.71. The lowest BCUT2D eigenvalue weighted by atomic mass is 9.92. The van der Waals surface area contributed by atoms with Crippen molar-refractivity contribution in [2.45, 2.75) is 33.8 Å². The van der Waals surface area contributed by atoms with Crippen molar-refractivity contribution in [1.82, 2.24) is 9.97 Å². The predicted octanol–water partition coefficient (Wildman–Crippen LogP) is 3.63. The van der Waals surface area contributed by atoms with E-state index in [4.69, 9.17) is 16.3 Å². The number of nitrogens with zero attached hydrogens (tertiary/aromatic N) is 2. The molecule has 0 bridgehead atoms. The third kappa shape index (κ3) is 4.00. The van der Waals surface area contributed by atoms with Crippen LogP contribution in [0.1, 0.15) is 32.3 Å². The van der Waals surface area contributed by atoms with Crippen molar-refractivity contribution in [3.63, 3.8) is 0 Å². The van der Waals surface area contributed by atoms with Gasteiger partial charge in [-0.25, -0.2) is 9.97 Å². The first-order chi connectivity index (χ1) is 7.33. The van der Waals surface area contributed by atoms with Gasteiger partial charge in [-0.3, -0.25) is 0 Å². The molecule has 1 aromatic rings. The second kappa shape index (κ2) is 5.43. The molecule has 16 heavy (non-hydrogen) atoms. The van der Waals surface area contributed by atoms with Gasteiger partial charge in [-0.1, -0.05) is 32.4 Å². The molecule has 0 spiro atoms. The summed E-state index contributed by atoms with van der Waals surface area (Å²) in [7, 11) is 1.63. The van der Waals surface area contributed by atoms with Crippen LogP contribution in [0.2, 0.25) is 5.15 Å². The SMILES string of the molecule is COCc1nc(CC(C)(C)C)nc(Cl)c1Br. The van der Waals surface area contributed by atoms with Gasteiger partial charge in [-0.15, -0.1) is 0 Å². The maximum atomic E-state index is 6.03. The van der Waals surface area contributed by atoms with E-state index in [1.54, 1.807) is 7.11 Å². The van der Waals surface area contributed by atoms with Crippen LogP contribution in [0.4, 0.5) is 0 Å². The summed E-state index contributed by atoms with van der Waals surface area (Å²) in [5.74, 6) is 0.757. The van der Waals surface area contributed by atoms with E-state index in [9.17, 15) is 0 Å². The minimum absolute atomic E-state index is 0.140. The summed E-state index contributed by atoms with van der Waals surface area (Å²) < 4.78 is 5.79. The van der Waals surface area contributed by atoms with Crippen LogP contribution in [-0.2, 0) is 17.8 Å². The number of rotatable bonds is 3. The fraction of sp³-hybridized carbons (Fsp3) is 0.636. The molecule has 0 radical (unpaired) electrons. The van der Waals surface area contributed by atoms with Crippen molar-refractivity contribution in [3.8, 4) is 0 Å². The molecule has 0 aromatic carbocycles. The van der Waals surface area contributed by atoms with Crippen LogP contribution in [0.25, 0.3) is 0 Å². The molecule has 0 aliphatic heterocycles. The molecule has 0 aliphatic carbocycles. The van der Waals surface area contributed by atoms with Gasteiger partial charge in [-0.2, -0.15) is 0 Å². The lowest BCUT2D eigenvalue weighted by Crippen LogP contribution is -2.13. The maximum Gasteiger partial charge on any atom is 0.147 e. The Balaban J connectivity index is 3.04. The Hall–Kier alpha value is -0.190. The Morgan fingerprint density at radius 2 is 1.94 bits per heavy atom. The molecule has 0 atom stereocenters. The zero-order valence-electron chi connectivity index (χ0n) is 9.97. The maximum absolute atomic E-state index is 6.03. The molecule has 0 fully saturated rings. The monoisotopic (exact) mass is 306 g/mol. The predicted molar refractivity (Wildman–Crippen MR) is 68.6 cm³/mol. The van der Waals surface area contributed by atoms with Crippen molar-refractivity contribution in [3.05, 3.63) is 21.1 Å². The minimum Gasteiger partial charge on any atom is -0.378 e. The smallest absolute Gasteiger partial charge is 0.147 e. The first-order valence-electron chi connectivity index (χ1n) is 5.03. The number of ether oxygens (including phenoxy) is 1. The molecule has 0 amide bonds. The van der Waals surface area contributed by atoms with E-state index < -0.39 is 0 Å². The molecule has 0 saturated heterocycles. The highest BCUT2D eigenvalue weighted by Gasteiger charge is 2.16. The van der Waals surface area contributed by atoms with Gasteiger partial charge in [0, 0.05) is 13.5 Å². The quantitative estimate of drug-likeness (QED) is 0.800. The van der Waals surface area contributed by atoms with Gasteiger partial charge in [0.25, 0.3) is 0 Å². The van der Waals surface area contributed by atoms with Crippen LogP contribution in [0, 0.1) is 5.41 Å². The van der Waals surface area contributed by atoms with Crippen LogP contribution in [0.3, 0.4) is 0 Å². The number of methoxy groups -OCH3 is 1. The number of hydrogen-bond donors (Lipinski definition) is 0. The van der Waals surface area contributed by atoms with Crippen molar-refractivity contribution in [2.75, 3.05) is 7.11 Å². The van der Waals surface area contributed by atoms with E-state index in [1.165, 1.54) is 0 Å². The summed E-state index contributed by atoms with van der Waals surface area (Å²) in [5, 5.41) is 0.446. The lowest BCUT2D eigenvalue weighted by Gasteiger charge is -2.17. The molecule has 90 valence electrons. The first kappa shape index (κ1) is 13.9. The number of halogens is 2. The summed E-state index contributed by atoms with van der Waals surface area (Å²) in [6.07, 6.45) is 0.788. The van der Waals surface area contributed by atoms with E-state index in [0.717, 1.165) is 17.9 Å². The van der Waals surface area contributed by atoms with Crippen molar-refractivity contribution < 1.29 is 4.74 Å². The van der Waals surface area contributed by atoms with Crippen molar-refractivity contribution >= 4 is 27.5 Å². The normalized spacial score (nSPS) is 11.9. The van der Waals surface area contributed by atoms with E-state index in [1.807, 2.05) is 0 Å². The Labute approximate surface area is 110 Å². The zero-order valence-corrected chi connectivity index (χ0v) is 12.3. The Morgan fingerprint density at radius 1 is 1.31 bits per heavy atom. The highest BCUT2D eigenvalue weighted by molar-refractivity contribution is 9.10. The van der Waals surface area contributed by atoms with Crippen molar-refractivity contribution in [1.29, 1.82) is 0 Å². The van der Waals surface area contributed by atoms with Gasteiger partial charge >= 0.3 is 0 Å². The second-order valence-corrected chi connectivity index (χ2v) is 6.01. The molecule has 5 heteroatoms. The van der Waals surface area contributed by atoms with Gasteiger partial charge in [0.1, 0.15) is 11.0 Å². The molecule has 1 heterocycles. The molecule has 0 aliphatic rings. The lowest BCUT2D eigenvalue weighted by molar-refractivity contribution is 0.180. The minimum atomic E-state index is 0.140.